The average Bonchev–Trinajstić information content (AvgIpc) is 2.15. The Morgan fingerprint density at radius 2 is 2.14 bits per heavy atom. The van der Waals surface area contributed by atoms with Crippen molar-refractivity contribution in [2.45, 2.75) is 25.7 Å². The van der Waals surface area contributed by atoms with Crippen LogP contribution in [0.4, 0.5) is 4.79 Å². The number of hydrogen-bond donors (Lipinski definition) is 2. The largest absolute Gasteiger partial charge is 0.448 e. The Balaban J connectivity index is 2.92. The third-order valence-electron chi connectivity index (χ3n) is 1.78. The molecule has 0 heterocycles. The first-order valence-corrected chi connectivity index (χ1v) is 5.01. The Labute approximate surface area is 85.5 Å². The number of allylic oxidation sites excluding steroid dienone is 1. The molecule has 0 fully saturated rings. The smallest absolute Gasteiger partial charge is 0.404 e. The van der Waals surface area contributed by atoms with E-state index in [1.807, 2.05) is 6.08 Å². The van der Waals surface area contributed by atoms with Crippen molar-refractivity contribution >= 4 is 6.09 Å². The summed E-state index contributed by atoms with van der Waals surface area (Å²) in [6, 6.07) is 0. The van der Waals surface area contributed by atoms with Gasteiger partial charge in [-0.3, -0.25) is 0 Å². The van der Waals surface area contributed by atoms with Gasteiger partial charge in [-0.1, -0.05) is 12.5 Å². The van der Waals surface area contributed by atoms with E-state index in [-0.39, 0.29) is 0 Å². The third kappa shape index (κ3) is 11.0. The summed E-state index contributed by atoms with van der Waals surface area (Å²) in [4.78, 5) is 10.2. The highest BCUT2D eigenvalue weighted by molar-refractivity contribution is 5.64. The van der Waals surface area contributed by atoms with Crippen molar-refractivity contribution in [3.8, 4) is 0 Å². The van der Waals surface area contributed by atoms with Crippen LogP contribution in [0, 0.1) is 0 Å². The molecule has 14 heavy (non-hydrogen) atoms. The van der Waals surface area contributed by atoms with E-state index in [0.29, 0.717) is 13.2 Å². The molecule has 0 radical (unpaired) electrons. The number of hydrogen-bond acceptors (Lipinski definition) is 3. The van der Waals surface area contributed by atoms with Crippen LogP contribution in [0.25, 0.3) is 0 Å². The van der Waals surface area contributed by atoms with Crippen LogP contribution < -0.4 is 11.1 Å². The highest BCUT2D eigenvalue weighted by atomic mass is 16.5. The van der Waals surface area contributed by atoms with Crippen LogP contribution in [0.2, 0.25) is 0 Å². The van der Waals surface area contributed by atoms with E-state index in [0.717, 1.165) is 19.4 Å². The van der Waals surface area contributed by atoms with E-state index < -0.39 is 6.09 Å². The molecule has 82 valence electrons. The topological polar surface area (TPSA) is 64.3 Å². The fraction of sp³-hybridized carbons (Fsp3) is 0.700. The first-order chi connectivity index (χ1) is 6.77. The quantitative estimate of drug-likeness (QED) is 0.437. The van der Waals surface area contributed by atoms with Gasteiger partial charge in [-0.25, -0.2) is 4.79 Å². The van der Waals surface area contributed by atoms with Crippen molar-refractivity contribution < 1.29 is 9.53 Å². The summed E-state index contributed by atoms with van der Waals surface area (Å²) >= 11 is 0. The lowest BCUT2D eigenvalue weighted by molar-refractivity contribution is 0.157. The Kier molecular flexibility index (Phi) is 9.31. The first-order valence-electron chi connectivity index (χ1n) is 5.01. The third-order valence-corrected chi connectivity index (χ3v) is 1.78. The van der Waals surface area contributed by atoms with Crippen molar-refractivity contribution in [1.29, 1.82) is 0 Å². The van der Waals surface area contributed by atoms with Crippen LogP contribution in [-0.4, -0.2) is 25.8 Å². The fourth-order valence-corrected chi connectivity index (χ4v) is 1.06. The Hall–Kier alpha value is -1.03. The highest BCUT2D eigenvalue weighted by Gasteiger charge is 1.92. The van der Waals surface area contributed by atoms with Crippen molar-refractivity contribution in [3.05, 3.63) is 12.7 Å². The molecule has 0 saturated carbocycles. The van der Waals surface area contributed by atoms with Crippen LogP contribution in [0.15, 0.2) is 12.7 Å². The number of amides is 1. The number of carbonyl (C=O) groups excluding carboxylic acids is 1. The van der Waals surface area contributed by atoms with Crippen molar-refractivity contribution in [1.82, 2.24) is 5.32 Å². The maximum atomic E-state index is 10.2. The minimum Gasteiger partial charge on any atom is -0.448 e. The normalized spacial score (nSPS) is 9.71. The van der Waals surface area contributed by atoms with Crippen LogP contribution in [0.1, 0.15) is 25.7 Å². The summed E-state index contributed by atoms with van der Waals surface area (Å²) in [5, 5.41) is 3.16. The maximum absolute atomic E-state index is 10.2. The lowest BCUT2D eigenvalue weighted by atomic mass is 10.2. The van der Waals surface area contributed by atoms with Gasteiger partial charge in [-0.05, 0) is 25.8 Å². The van der Waals surface area contributed by atoms with Gasteiger partial charge < -0.3 is 15.8 Å². The zero-order chi connectivity index (χ0) is 10.6. The Bertz CT molecular complexity index is 160. The van der Waals surface area contributed by atoms with Gasteiger partial charge in [0.2, 0.25) is 0 Å². The summed E-state index contributed by atoms with van der Waals surface area (Å²) < 4.78 is 4.55. The first kappa shape index (κ1) is 13.0. The predicted octanol–water partition coefficient (Wildman–Crippen LogP) is 1.42. The summed E-state index contributed by atoms with van der Waals surface area (Å²) in [6.45, 7) is 5.64. The van der Waals surface area contributed by atoms with Crippen LogP contribution >= 0.6 is 0 Å². The minimum absolute atomic E-state index is 0.349. The molecule has 0 aromatic carbocycles. The van der Waals surface area contributed by atoms with Crippen LogP contribution in [0.3, 0.4) is 0 Å². The van der Waals surface area contributed by atoms with E-state index in [1.54, 1.807) is 0 Å². The fourth-order valence-electron chi connectivity index (χ4n) is 1.06. The van der Waals surface area contributed by atoms with Crippen molar-refractivity contribution in [3.63, 3.8) is 0 Å². The minimum atomic E-state index is -0.710. The molecule has 0 rings (SSSR count). The van der Waals surface area contributed by atoms with Crippen LogP contribution in [-0.2, 0) is 4.74 Å². The highest BCUT2D eigenvalue weighted by Crippen LogP contribution is 1.98. The molecule has 4 nitrogen and oxygen atoms in total. The van der Waals surface area contributed by atoms with Gasteiger partial charge in [0.15, 0.2) is 0 Å². The number of carbonyl (C=O) groups is 1. The lowest BCUT2D eigenvalue weighted by Gasteiger charge is -2.04. The molecular weight excluding hydrogens is 180 g/mol. The molecule has 1 amide bonds. The molecule has 0 bridgehead atoms. The number of primary amides is 1. The molecule has 0 aliphatic rings. The van der Waals surface area contributed by atoms with Gasteiger partial charge in [-0.15, -0.1) is 6.58 Å². The van der Waals surface area contributed by atoms with Gasteiger partial charge in [0.05, 0.1) is 0 Å². The van der Waals surface area contributed by atoms with E-state index in [2.05, 4.69) is 16.6 Å². The maximum Gasteiger partial charge on any atom is 0.404 e. The molecule has 3 N–H and O–H groups in total. The summed E-state index contributed by atoms with van der Waals surface area (Å²) in [5.74, 6) is 0. The molecule has 0 unspecified atom stereocenters. The molecule has 0 saturated heterocycles. The molecule has 0 atom stereocenters. The van der Waals surface area contributed by atoms with Gasteiger partial charge >= 0.3 is 6.09 Å². The van der Waals surface area contributed by atoms with Crippen LogP contribution in [0.5, 0.6) is 0 Å². The Morgan fingerprint density at radius 1 is 1.36 bits per heavy atom. The molecule has 0 aromatic heterocycles. The zero-order valence-electron chi connectivity index (χ0n) is 8.63. The second kappa shape index (κ2) is 10.1. The second-order valence-electron chi connectivity index (χ2n) is 3.06. The molecule has 0 aliphatic carbocycles. The van der Waals surface area contributed by atoms with E-state index in [9.17, 15) is 4.79 Å². The summed E-state index contributed by atoms with van der Waals surface area (Å²) in [5.41, 5.74) is 4.79. The molecule has 0 aromatic rings. The number of rotatable bonds is 9. The lowest BCUT2D eigenvalue weighted by Crippen LogP contribution is -2.24. The van der Waals surface area contributed by atoms with Crippen molar-refractivity contribution in [2.24, 2.45) is 5.73 Å². The second-order valence-corrected chi connectivity index (χ2v) is 3.06. The standard InChI is InChI=1S/C10H20N2O2/c1-2-3-4-5-6-7-12-8-9-14-10(11)13/h2,12H,1,3-9H2,(H2,11,13). The zero-order valence-corrected chi connectivity index (χ0v) is 8.63. The van der Waals surface area contributed by atoms with E-state index in [1.165, 1.54) is 12.8 Å². The Morgan fingerprint density at radius 3 is 2.79 bits per heavy atom. The molecule has 4 heteroatoms. The predicted molar refractivity (Wildman–Crippen MR) is 57.1 cm³/mol. The molecule has 0 spiro atoms. The average molecular weight is 200 g/mol. The molecule has 0 aliphatic heterocycles. The summed E-state index contributed by atoms with van der Waals surface area (Å²) in [7, 11) is 0. The van der Waals surface area contributed by atoms with Gasteiger partial charge in [-0.2, -0.15) is 0 Å². The number of nitrogens with two attached hydrogens (primary N) is 1. The SMILES string of the molecule is C=CCCCCCNCCOC(N)=O. The van der Waals surface area contributed by atoms with Crippen molar-refractivity contribution in [2.75, 3.05) is 19.7 Å². The van der Waals surface area contributed by atoms with Gasteiger partial charge in [0.25, 0.3) is 0 Å². The molecular formula is C10H20N2O2. The van der Waals surface area contributed by atoms with Gasteiger partial charge in [0, 0.05) is 6.54 Å². The number of nitrogens with one attached hydrogen (secondary N) is 1. The monoisotopic (exact) mass is 200 g/mol. The number of unbranched alkanes of at least 4 members (excludes halogenated alkanes) is 3. The summed E-state index contributed by atoms with van der Waals surface area (Å²) in [6.07, 6.45) is 5.86. The van der Waals surface area contributed by atoms with E-state index in [4.69, 9.17) is 5.73 Å². The van der Waals surface area contributed by atoms with Gasteiger partial charge in [0.1, 0.15) is 6.61 Å². The number of ether oxygens (including phenoxy) is 1. The van der Waals surface area contributed by atoms with E-state index >= 15 is 0 Å².